The van der Waals surface area contributed by atoms with Crippen molar-refractivity contribution in [2.24, 2.45) is 7.05 Å². The first-order valence-corrected chi connectivity index (χ1v) is 5.62. The lowest BCUT2D eigenvalue weighted by Gasteiger charge is -2.13. The minimum absolute atomic E-state index is 0.0852. The van der Waals surface area contributed by atoms with Gasteiger partial charge < -0.3 is 10.2 Å². The van der Waals surface area contributed by atoms with Gasteiger partial charge in [0.1, 0.15) is 5.69 Å². The molecule has 1 fully saturated rings. The van der Waals surface area contributed by atoms with E-state index in [1.165, 1.54) is 0 Å². The maximum absolute atomic E-state index is 11.0. The molecule has 1 aliphatic heterocycles. The highest BCUT2D eigenvalue weighted by molar-refractivity contribution is 5.60. The second kappa shape index (κ2) is 4.33. The molecule has 94 valence electrons. The van der Waals surface area contributed by atoms with Gasteiger partial charge in [0, 0.05) is 19.6 Å². The molecular formula is C10H17N5O2. The van der Waals surface area contributed by atoms with Crippen molar-refractivity contribution in [3.63, 3.8) is 0 Å². The molecule has 1 aromatic rings. The maximum atomic E-state index is 11.0. The van der Waals surface area contributed by atoms with E-state index >= 15 is 0 Å². The predicted octanol–water partition coefficient (Wildman–Crippen LogP) is 0.753. The van der Waals surface area contributed by atoms with Gasteiger partial charge in [-0.15, -0.1) is 0 Å². The molecular weight excluding hydrogens is 222 g/mol. The van der Waals surface area contributed by atoms with Gasteiger partial charge >= 0.3 is 5.69 Å². The number of aryl methyl sites for hydroxylation is 2. The summed E-state index contributed by atoms with van der Waals surface area (Å²) in [7, 11) is 3.77. The Kier molecular flexibility index (Phi) is 3.01. The number of anilines is 1. The molecule has 1 aliphatic rings. The van der Waals surface area contributed by atoms with Crippen LogP contribution in [0.3, 0.4) is 0 Å². The van der Waals surface area contributed by atoms with E-state index < -0.39 is 0 Å². The number of hydrogen-bond acceptors (Lipinski definition) is 5. The molecule has 7 heteroatoms. The number of nitrogens with one attached hydrogen (secondary N) is 1. The first kappa shape index (κ1) is 11.8. The van der Waals surface area contributed by atoms with Gasteiger partial charge in [0.25, 0.3) is 0 Å². The quantitative estimate of drug-likeness (QED) is 0.622. The molecule has 1 atom stereocenters. The molecule has 2 rings (SSSR count). The highest BCUT2D eigenvalue weighted by atomic mass is 16.6. The van der Waals surface area contributed by atoms with Gasteiger partial charge in [0.15, 0.2) is 0 Å². The summed E-state index contributed by atoms with van der Waals surface area (Å²) in [6.07, 6.45) is 0.998. The Morgan fingerprint density at radius 1 is 1.53 bits per heavy atom. The van der Waals surface area contributed by atoms with Crippen LogP contribution in [0.25, 0.3) is 0 Å². The number of likely N-dealkylation sites (N-methyl/N-ethyl adjacent to an activating group) is 1. The summed E-state index contributed by atoms with van der Waals surface area (Å²) >= 11 is 0. The Labute approximate surface area is 99.6 Å². The summed E-state index contributed by atoms with van der Waals surface area (Å²) in [5.74, 6) is 0.507. The summed E-state index contributed by atoms with van der Waals surface area (Å²) in [6, 6.07) is 0.258. The van der Waals surface area contributed by atoms with Crippen LogP contribution in [0.15, 0.2) is 0 Å². The number of hydrogen-bond donors (Lipinski definition) is 1. The van der Waals surface area contributed by atoms with Gasteiger partial charge in [0.2, 0.25) is 5.82 Å². The third kappa shape index (κ3) is 2.23. The lowest BCUT2D eigenvalue weighted by Crippen LogP contribution is -2.25. The van der Waals surface area contributed by atoms with Crippen molar-refractivity contribution < 1.29 is 4.92 Å². The van der Waals surface area contributed by atoms with Gasteiger partial charge in [-0.05, 0) is 26.9 Å². The average molecular weight is 239 g/mol. The first-order valence-electron chi connectivity index (χ1n) is 5.62. The summed E-state index contributed by atoms with van der Waals surface area (Å²) in [6.45, 7) is 3.58. The van der Waals surface area contributed by atoms with Crippen LogP contribution in [0.4, 0.5) is 11.5 Å². The monoisotopic (exact) mass is 239 g/mol. The van der Waals surface area contributed by atoms with Crippen LogP contribution in [0, 0.1) is 17.0 Å². The van der Waals surface area contributed by atoms with E-state index in [4.69, 9.17) is 0 Å². The fraction of sp³-hybridized carbons (Fsp3) is 0.700. The number of aromatic nitrogens is 2. The van der Waals surface area contributed by atoms with Gasteiger partial charge in [-0.25, -0.2) is 4.68 Å². The molecule has 0 radical (unpaired) electrons. The fourth-order valence-electron chi connectivity index (χ4n) is 2.27. The zero-order chi connectivity index (χ0) is 12.6. The smallest absolute Gasteiger partial charge is 0.333 e. The van der Waals surface area contributed by atoms with Crippen LogP contribution in [-0.2, 0) is 7.05 Å². The van der Waals surface area contributed by atoms with Crippen molar-refractivity contribution >= 4 is 11.5 Å². The predicted molar refractivity (Wildman–Crippen MR) is 64.1 cm³/mol. The molecule has 0 amide bonds. The minimum Gasteiger partial charge on any atom is -0.360 e. The number of likely N-dealkylation sites (tertiary alicyclic amines) is 1. The van der Waals surface area contributed by atoms with Crippen molar-refractivity contribution in [3.8, 4) is 0 Å². The van der Waals surface area contributed by atoms with Gasteiger partial charge in [-0.1, -0.05) is 0 Å². The van der Waals surface area contributed by atoms with Crippen molar-refractivity contribution in [1.82, 2.24) is 14.7 Å². The van der Waals surface area contributed by atoms with Crippen LogP contribution < -0.4 is 5.32 Å². The van der Waals surface area contributed by atoms with Crippen LogP contribution in [0.5, 0.6) is 0 Å². The zero-order valence-electron chi connectivity index (χ0n) is 10.3. The molecule has 1 saturated heterocycles. The second-order valence-corrected chi connectivity index (χ2v) is 4.56. The van der Waals surface area contributed by atoms with E-state index in [0.717, 1.165) is 19.5 Å². The van der Waals surface area contributed by atoms with Crippen LogP contribution in [0.1, 0.15) is 12.1 Å². The van der Waals surface area contributed by atoms with Crippen LogP contribution in [0.2, 0.25) is 0 Å². The zero-order valence-corrected chi connectivity index (χ0v) is 10.3. The highest BCUT2D eigenvalue weighted by Crippen LogP contribution is 2.28. The topological polar surface area (TPSA) is 76.2 Å². The average Bonchev–Trinajstić information content (AvgIpc) is 2.72. The molecule has 17 heavy (non-hydrogen) atoms. The third-order valence-electron chi connectivity index (χ3n) is 3.11. The van der Waals surface area contributed by atoms with E-state index in [0.29, 0.717) is 11.5 Å². The standard InChI is InChI=1S/C10H17N5O2/c1-7-9(15(16)17)10(14(3)12-7)11-8-4-5-13(2)6-8/h8,11H,4-6H2,1-3H3. The van der Waals surface area contributed by atoms with Crippen molar-refractivity contribution in [1.29, 1.82) is 0 Å². The van der Waals surface area contributed by atoms with E-state index in [2.05, 4.69) is 15.3 Å². The molecule has 1 aromatic heterocycles. The lowest BCUT2D eigenvalue weighted by atomic mass is 10.2. The summed E-state index contributed by atoms with van der Waals surface area (Å²) in [4.78, 5) is 12.8. The molecule has 0 spiro atoms. The molecule has 0 bridgehead atoms. The molecule has 0 saturated carbocycles. The number of nitro groups is 1. The van der Waals surface area contributed by atoms with Crippen molar-refractivity contribution in [2.75, 3.05) is 25.5 Å². The van der Waals surface area contributed by atoms with Crippen molar-refractivity contribution in [3.05, 3.63) is 15.8 Å². The van der Waals surface area contributed by atoms with Crippen molar-refractivity contribution in [2.45, 2.75) is 19.4 Å². The van der Waals surface area contributed by atoms with Crippen LogP contribution >= 0.6 is 0 Å². The Morgan fingerprint density at radius 3 is 2.76 bits per heavy atom. The molecule has 2 heterocycles. The molecule has 0 aliphatic carbocycles. The van der Waals surface area contributed by atoms with E-state index in [1.807, 2.05) is 7.05 Å². The van der Waals surface area contributed by atoms with E-state index in [9.17, 15) is 10.1 Å². The van der Waals surface area contributed by atoms with Gasteiger partial charge in [0.05, 0.1) is 4.92 Å². The number of rotatable bonds is 3. The Hall–Kier alpha value is -1.63. The molecule has 1 unspecified atom stereocenters. The summed E-state index contributed by atoms with van der Waals surface area (Å²) in [5.41, 5.74) is 0.536. The van der Waals surface area contributed by atoms with E-state index in [1.54, 1.807) is 18.7 Å². The minimum atomic E-state index is -0.372. The largest absolute Gasteiger partial charge is 0.360 e. The SMILES string of the molecule is Cc1nn(C)c(NC2CCN(C)C2)c1[N+](=O)[O-]. The Bertz CT molecular complexity index is 442. The second-order valence-electron chi connectivity index (χ2n) is 4.56. The van der Waals surface area contributed by atoms with Gasteiger partial charge in [-0.3, -0.25) is 10.1 Å². The molecule has 7 nitrogen and oxygen atoms in total. The van der Waals surface area contributed by atoms with Crippen LogP contribution in [-0.4, -0.2) is 45.8 Å². The van der Waals surface area contributed by atoms with Gasteiger partial charge in [-0.2, -0.15) is 5.10 Å². The normalized spacial score (nSPS) is 20.8. The first-order chi connectivity index (χ1) is 7.99. The molecule has 0 aromatic carbocycles. The number of nitrogens with zero attached hydrogens (tertiary/aromatic N) is 4. The summed E-state index contributed by atoms with van der Waals surface area (Å²) < 4.78 is 1.55. The highest BCUT2D eigenvalue weighted by Gasteiger charge is 2.28. The van der Waals surface area contributed by atoms with E-state index in [-0.39, 0.29) is 16.7 Å². The fourth-order valence-corrected chi connectivity index (χ4v) is 2.27. The molecule has 1 N–H and O–H groups in total. The lowest BCUT2D eigenvalue weighted by molar-refractivity contribution is -0.384. The Morgan fingerprint density at radius 2 is 2.24 bits per heavy atom. The maximum Gasteiger partial charge on any atom is 0.333 e. The third-order valence-corrected chi connectivity index (χ3v) is 3.11. The Balaban J connectivity index is 2.23. The summed E-state index contributed by atoms with van der Waals surface area (Å²) in [5, 5.41) is 18.3.